The predicted octanol–water partition coefficient (Wildman–Crippen LogP) is 6.14. The van der Waals surface area contributed by atoms with Gasteiger partial charge in [-0.3, -0.25) is 4.79 Å². The van der Waals surface area contributed by atoms with Crippen LogP contribution in [0, 0.1) is 3.57 Å². The van der Waals surface area contributed by atoms with Crippen LogP contribution in [0.3, 0.4) is 0 Å². The number of rotatable bonds is 4. The number of benzene rings is 2. The van der Waals surface area contributed by atoms with Gasteiger partial charge in [-0.2, -0.15) is 0 Å². The van der Waals surface area contributed by atoms with Crippen LogP contribution in [-0.4, -0.2) is 10.6 Å². The number of carbonyl (C=O) groups is 1. The van der Waals surface area contributed by atoms with E-state index in [0.29, 0.717) is 5.56 Å². The smallest absolute Gasteiger partial charge is 0.177 e. The normalized spacial score (nSPS) is 13.8. The van der Waals surface area contributed by atoms with Gasteiger partial charge in [-0.1, -0.05) is 72.1 Å². The van der Waals surface area contributed by atoms with Crippen LogP contribution in [-0.2, 0) is 0 Å². The fourth-order valence-corrected chi connectivity index (χ4v) is 3.46. The summed E-state index contributed by atoms with van der Waals surface area (Å²) >= 11 is 12.7. The molecule has 0 amide bonds. The first-order valence-corrected chi connectivity index (χ1v) is 9.53. The monoisotopic (exact) mass is 570 g/mol. The first kappa shape index (κ1) is 16.6. The van der Waals surface area contributed by atoms with Crippen LogP contribution in [0.25, 0.3) is 0 Å². The Morgan fingerprint density at radius 2 is 1.50 bits per heavy atom. The Morgan fingerprint density at radius 1 is 0.950 bits per heavy atom. The number of Topliss-reactive ketones (excluding diaryl/α,β-unsaturated/α-hetero) is 1. The summed E-state index contributed by atoms with van der Waals surface area (Å²) in [5.74, 6) is 0.0752. The molecule has 2 rings (SSSR count). The molecular formula is C15H10Br3IO. The first-order valence-electron chi connectivity index (χ1n) is 5.82. The second-order valence-electron chi connectivity index (χ2n) is 4.23. The lowest BCUT2D eigenvalue weighted by Crippen LogP contribution is -2.19. The number of hydrogen-bond acceptors (Lipinski definition) is 1. The molecule has 2 aromatic carbocycles. The molecule has 0 N–H and O–H groups in total. The summed E-state index contributed by atoms with van der Waals surface area (Å²) in [5.41, 5.74) is 1.78. The van der Waals surface area contributed by atoms with E-state index in [0.717, 1.165) is 13.6 Å². The van der Waals surface area contributed by atoms with Gasteiger partial charge in [0.2, 0.25) is 0 Å². The molecule has 2 unspecified atom stereocenters. The maximum atomic E-state index is 12.4. The molecule has 0 heterocycles. The third-order valence-electron chi connectivity index (χ3n) is 2.82. The van der Waals surface area contributed by atoms with Crippen molar-refractivity contribution < 1.29 is 4.79 Å². The summed E-state index contributed by atoms with van der Waals surface area (Å²) in [6.45, 7) is 0. The van der Waals surface area contributed by atoms with Crippen molar-refractivity contribution in [2.45, 2.75) is 9.65 Å². The van der Waals surface area contributed by atoms with E-state index >= 15 is 0 Å². The summed E-state index contributed by atoms with van der Waals surface area (Å²) in [7, 11) is 0. The molecule has 2 aromatic rings. The zero-order valence-electron chi connectivity index (χ0n) is 10.2. The van der Waals surface area contributed by atoms with E-state index in [1.54, 1.807) is 0 Å². The van der Waals surface area contributed by atoms with Gasteiger partial charge >= 0.3 is 0 Å². The first-order chi connectivity index (χ1) is 9.49. The minimum atomic E-state index is -0.302. The van der Waals surface area contributed by atoms with Crippen LogP contribution < -0.4 is 0 Å². The topological polar surface area (TPSA) is 17.1 Å². The zero-order chi connectivity index (χ0) is 14.7. The van der Waals surface area contributed by atoms with Gasteiger partial charge in [-0.25, -0.2) is 0 Å². The largest absolute Gasteiger partial charge is 0.293 e. The van der Waals surface area contributed by atoms with Crippen LogP contribution in [0.1, 0.15) is 20.7 Å². The number of halogens is 4. The van der Waals surface area contributed by atoms with E-state index in [4.69, 9.17) is 0 Å². The van der Waals surface area contributed by atoms with Crippen molar-refractivity contribution in [1.29, 1.82) is 0 Å². The van der Waals surface area contributed by atoms with Crippen LogP contribution in [0.5, 0.6) is 0 Å². The van der Waals surface area contributed by atoms with Gasteiger partial charge in [0.25, 0.3) is 0 Å². The van der Waals surface area contributed by atoms with Crippen molar-refractivity contribution in [3.63, 3.8) is 0 Å². The Hall–Kier alpha value is 0.280. The summed E-state index contributed by atoms with van der Waals surface area (Å²) < 4.78 is 2.14. The van der Waals surface area contributed by atoms with Gasteiger partial charge in [0.15, 0.2) is 5.78 Å². The van der Waals surface area contributed by atoms with Crippen LogP contribution in [0.2, 0.25) is 0 Å². The van der Waals surface area contributed by atoms with E-state index in [9.17, 15) is 4.79 Å². The van der Waals surface area contributed by atoms with Crippen molar-refractivity contribution in [2.75, 3.05) is 0 Å². The number of carbonyl (C=O) groups excluding carboxylic acids is 1. The lowest BCUT2D eigenvalue weighted by molar-refractivity contribution is 0.0991. The lowest BCUT2D eigenvalue weighted by Gasteiger charge is -2.16. The van der Waals surface area contributed by atoms with Gasteiger partial charge in [-0.15, -0.1) is 0 Å². The molecule has 0 aliphatic carbocycles. The SMILES string of the molecule is O=C(c1ccc(I)cc1)C(Br)C(Br)c1ccc(Br)cc1. The molecule has 0 saturated carbocycles. The van der Waals surface area contributed by atoms with Crippen LogP contribution in [0.4, 0.5) is 0 Å². The molecule has 0 aromatic heterocycles. The Bertz CT molecular complexity index is 596. The summed E-state index contributed by atoms with van der Waals surface area (Å²) in [6, 6.07) is 15.5. The highest BCUT2D eigenvalue weighted by molar-refractivity contribution is 14.1. The fraction of sp³-hybridized carbons (Fsp3) is 0.133. The Balaban J connectivity index is 2.17. The van der Waals surface area contributed by atoms with Crippen molar-refractivity contribution in [3.05, 3.63) is 67.7 Å². The molecular weight excluding hydrogens is 563 g/mol. The van der Waals surface area contributed by atoms with Gasteiger partial charge in [0.1, 0.15) is 0 Å². The molecule has 0 bridgehead atoms. The van der Waals surface area contributed by atoms with Gasteiger partial charge in [0.05, 0.1) is 9.65 Å². The average molecular weight is 573 g/mol. The standard InChI is InChI=1S/C15H10Br3IO/c16-11-5-1-9(2-6-11)13(17)14(18)15(20)10-3-7-12(19)8-4-10/h1-8,13-14H. The predicted molar refractivity (Wildman–Crippen MR) is 102 cm³/mol. The maximum Gasteiger partial charge on any atom is 0.177 e. The average Bonchev–Trinajstić information content (AvgIpc) is 2.46. The highest BCUT2D eigenvalue weighted by Gasteiger charge is 2.25. The van der Waals surface area contributed by atoms with Crippen molar-refractivity contribution in [3.8, 4) is 0 Å². The summed E-state index contributed by atoms with van der Waals surface area (Å²) in [4.78, 5) is 12.1. The number of ketones is 1. The van der Waals surface area contributed by atoms with Crippen molar-refractivity contribution in [1.82, 2.24) is 0 Å². The summed E-state index contributed by atoms with van der Waals surface area (Å²) in [5, 5.41) is 0. The van der Waals surface area contributed by atoms with Crippen LogP contribution in [0.15, 0.2) is 53.0 Å². The molecule has 0 spiro atoms. The van der Waals surface area contributed by atoms with Gasteiger partial charge < -0.3 is 0 Å². The van der Waals surface area contributed by atoms with E-state index < -0.39 is 0 Å². The van der Waals surface area contributed by atoms with E-state index in [1.807, 2.05) is 48.5 Å². The van der Waals surface area contributed by atoms with E-state index in [2.05, 4.69) is 70.4 Å². The third kappa shape index (κ3) is 4.15. The molecule has 1 nitrogen and oxygen atoms in total. The molecule has 0 radical (unpaired) electrons. The Morgan fingerprint density at radius 3 is 2.05 bits per heavy atom. The quantitative estimate of drug-likeness (QED) is 0.245. The van der Waals surface area contributed by atoms with Crippen LogP contribution >= 0.6 is 70.4 Å². The molecule has 0 saturated heterocycles. The summed E-state index contributed by atoms with van der Waals surface area (Å²) in [6.07, 6.45) is 0. The third-order valence-corrected chi connectivity index (χ3v) is 6.78. The fourth-order valence-electron chi connectivity index (χ4n) is 1.72. The second-order valence-corrected chi connectivity index (χ2v) is 8.36. The minimum Gasteiger partial charge on any atom is -0.293 e. The molecule has 104 valence electrons. The molecule has 0 fully saturated rings. The van der Waals surface area contributed by atoms with Crippen molar-refractivity contribution in [2.24, 2.45) is 0 Å². The Kier molecular flexibility index (Phi) is 6.25. The molecule has 5 heteroatoms. The zero-order valence-corrected chi connectivity index (χ0v) is 17.1. The Labute approximate surface area is 157 Å². The molecule has 20 heavy (non-hydrogen) atoms. The number of alkyl halides is 2. The lowest BCUT2D eigenvalue weighted by atomic mass is 10.0. The molecule has 0 aliphatic rings. The highest BCUT2D eigenvalue weighted by atomic mass is 127. The number of hydrogen-bond donors (Lipinski definition) is 0. The maximum absolute atomic E-state index is 12.4. The van der Waals surface area contributed by atoms with Gasteiger partial charge in [0, 0.05) is 13.6 Å². The molecule has 0 aliphatic heterocycles. The highest BCUT2D eigenvalue weighted by Crippen LogP contribution is 2.33. The van der Waals surface area contributed by atoms with E-state index in [-0.39, 0.29) is 15.4 Å². The minimum absolute atomic E-state index is 0.0672. The second kappa shape index (κ2) is 7.51. The molecule has 2 atom stereocenters. The van der Waals surface area contributed by atoms with Gasteiger partial charge in [-0.05, 0) is 52.4 Å². The van der Waals surface area contributed by atoms with E-state index in [1.165, 1.54) is 0 Å². The van der Waals surface area contributed by atoms with Crippen molar-refractivity contribution >= 4 is 76.2 Å².